The molecule has 0 saturated carbocycles. The van der Waals surface area contributed by atoms with Crippen molar-refractivity contribution in [3.8, 4) is 0 Å². The number of rotatable bonds is 4. The average molecular weight is 620 g/mol. The van der Waals surface area contributed by atoms with Gasteiger partial charge in [0, 0.05) is 27.6 Å². The van der Waals surface area contributed by atoms with E-state index in [4.69, 9.17) is 34.8 Å². The number of H-pyrrole nitrogens is 1. The highest BCUT2D eigenvalue weighted by Gasteiger charge is 2.03. The maximum absolute atomic E-state index is 11.3. The molecule has 2 aromatic heterocycles. The van der Waals surface area contributed by atoms with Crippen LogP contribution in [0.15, 0.2) is 74.7 Å². The standard InChI is InChI=1S/C10H6BrCl2N3.C10H7BrClN3O/c11-8-5-14-10(16-9(8)13)15-7-3-1-2-6(12)4-7;11-8-5-13-10(15-9(8)16)14-7-3-1-2-6(12)4-7/h1-5H,(H,14,15,16);1-5H,(H2,13,14,15,16). The van der Waals surface area contributed by atoms with Gasteiger partial charge in [0.15, 0.2) is 0 Å². The Labute approximate surface area is 214 Å². The summed E-state index contributed by atoms with van der Waals surface area (Å²) in [6.07, 6.45) is 3.02. The fraction of sp³-hybridized carbons (Fsp3) is 0. The molecule has 2 aromatic carbocycles. The van der Waals surface area contributed by atoms with Crippen molar-refractivity contribution >= 4 is 89.9 Å². The molecule has 0 bridgehead atoms. The molecule has 4 rings (SSSR count). The monoisotopic (exact) mass is 616 g/mol. The number of aromatic amines is 1. The van der Waals surface area contributed by atoms with Crippen LogP contribution in [-0.4, -0.2) is 19.9 Å². The van der Waals surface area contributed by atoms with E-state index in [1.54, 1.807) is 30.5 Å². The molecule has 7 nitrogen and oxygen atoms in total. The number of nitrogens with one attached hydrogen (secondary N) is 3. The maximum atomic E-state index is 11.3. The van der Waals surface area contributed by atoms with Gasteiger partial charge in [-0.1, -0.05) is 46.9 Å². The highest BCUT2D eigenvalue weighted by Crippen LogP contribution is 2.22. The lowest BCUT2D eigenvalue weighted by molar-refractivity contribution is 1.10. The quantitative estimate of drug-likeness (QED) is 0.209. The largest absolute Gasteiger partial charge is 0.326 e. The van der Waals surface area contributed by atoms with E-state index in [9.17, 15) is 4.79 Å². The first-order chi connectivity index (χ1) is 15.3. The van der Waals surface area contributed by atoms with E-state index in [0.717, 1.165) is 11.4 Å². The summed E-state index contributed by atoms with van der Waals surface area (Å²) in [5.74, 6) is 0.797. The zero-order chi connectivity index (χ0) is 23.1. The Bertz CT molecular complexity index is 1290. The molecule has 4 aromatic rings. The molecule has 0 aliphatic rings. The third-order valence-corrected chi connectivity index (χ3v) is 5.76. The fourth-order valence-corrected chi connectivity index (χ4v) is 3.15. The van der Waals surface area contributed by atoms with E-state index in [1.165, 1.54) is 6.20 Å². The Morgan fingerprint density at radius 1 is 0.812 bits per heavy atom. The highest BCUT2D eigenvalue weighted by molar-refractivity contribution is 9.10. The molecule has 0 amide bonds. The van der Waals surface area contributed by atoms with Crippen molar-refractivity contribution in [3.05, 3.63) is 95.4 Å². The van der Waals surface area contributed by atoms with Gasteiger partial charge in [0.2, 0.25) is 11.9 Å². The molecule has 0 aliphatic carbocycles. The number of benzene rings is 2. The van der Waals surface area contributed by atoms with Crippen LogP contribution in [0.3, 0.4) is 0 Å². The van der Waals surface area contributed by atoms with Gasteiger partial charge in [0.1, 0.15) is 9.63 Å². The summed E-state index contributed by atoms with van der Waals surface area (Å²) in [4.78, 5) is 26.0. The topological polar surface area (TPSA) is 95.6 Å². The second-order valence-electron chi connectivity index (χ2n) is 6.01. The van der Waals surface area contributed by atoms with E-state index in [1.807, 2.05) is 24.3 Å². The molecule has 3 N–H and O–H groups in total. The van der Waals surface area contributed by atoms with E-state index in [0.29, 0.717) is 36.0 Å². The van der Waals surface area contributed by atoms with Gasteiger partial charge in [0.05, 0.1) is 10.7 Å². The fourth-order valence-electron chi connectivity index (χ4n) is 2.25. The van der Waals surface area contributed by atoms with Gasteiger partial charge in [-0.2, -0.15) is 4.98 Å². The SMILES string of the molecule is Clc1cccc(Nc2ncc(Br)c(Cl)n2)c1.O=c1[nH]c(Nc2cccc(Cl)c2)ncc1Br. The molecule has 164 valence electrons. The molecule has 12 heteroatoms. The summed E-state index contributed by atoms with van der Waals surface area (Å²) in [6, 6.07) is 14.4. The Balaban J connectivity index is 0.000000181. The predicted molar refractivity (Wildman–Crippen MR) is 137 cm³/mol. The number of nitrogens with zero attached hydrogens (tertiary/aromatic N) is 3. The lowest BCUT2D eigenvalue weighted by Gasteiger charge is -2.05. The molecule has 2 heterocycles. The van der Waals surface area contributed by atoms with Gasteiger partial charge in [-0.15, -0.1) is 0 Å². The summed E-state index contributed by atoms with van der Waals surface area (Å²) in [7, 11) is 0. The van der Waals surface area contributed by atoms with Crippen molar-refractivity contribution in [1.82, 2.24) is 19.9 Å². The smallest absolute Gasteiger partial charge is 0.266 e. The van der Waals surface area contributed by atoms with E-state index in [2.05, 4.69) is 62.4 Å². The second kappa shape index (κ2) is 11.6. The van der Waals surface area contributed by atoms with E-state index in [-0.39, 0.29) is 5.56 Å². The molecular formula is C20H13Br2Cl3N6O. The van der Waals surface area contributed by atoms with Crippen molar-refractivity contribution in [1.29, 1.82) is 0 Å². The van der Waals surface area contributed by atoms with Gasteiger partial charge >= 0.3 is 0 Å². The third-order valence-electron chi connectivity index (χ3n) is 3.63. The Hall–Kier alpha value is -2.17. The molecule has 32 heavy (non-hydrogen) atoms. The summed E-state index contributed by atoms with van der Waals surface area (Å²) in [5, 5.41) is 7.56. The van der Waals surface area contributed by atoms with E-state index < -0.39 is 0 Å². The van der Waals surface area contributed by atoms with E-state index >= 15 is 0 Å². The number of hydrogen-bond donors (Lipinski definition) is 3. The third kappa shape index (κ3) is 7.46. The van der Waals surface area contributed by atoms with Crippen molar-refractivity contribution in [3.63, 3.8) is 0 Å². The first-order valence-corrected chi connectivity index (χ1v) is 11.5. The van der Waals surface area contributed by atoms with Gasteiger partial charge in [0.25, 0.3) is 5.56 Å². The van der Waals surface area contributed by atoms with Crippen LogP contribution in [-0.2, 0) is 0 Å². The zero-order valence-corrected chi connectivity index (χ0v) is 21.4. The van der Waals surface area contributed by atoms with Gasteiger partial charge < -0.3 is 10.6 Å². The molecular weight excluding hydrogens is 606 g/mol. The minimum Gasteiger partial charge on any atom is -0.326 e. The molecule has 0 saturated heterocycles. The number of hydrogen-bond acceptors (Lipinski definition) is 6. The summed E-state index contributed by atoms with van der Waals surface area (Å²) < 4.78 is 1.05. The van der Waals surface area contributed by atoms with Crippen molar-refractivity contribution in [2.24, 2.45) is 0 Å². The minimum absolute atomic E-state index is 0.237. The van der Waals surface area contributed by atoms with Crippen LogP contribution in [0.1, 0.15) is 0 Å². The van der Waals surface area contributed by atoms with Crippen molar-refractivity contribution in [2.75, 3.05) is 10.6 Å². The van der Waals surface area contributed by atoms with Crippen LogP contribution < -0.4 is 16.2 Å². The van der Waals surface area contributed by atoms with Gasteiger partial charge in [-0.25, -0.2) is 9.97 Å². The molecule has 0 fully saturated rings. The first-order valence-electron chi connectivity index (χ1n) is 8.78. The Morgan fingerprint density at radius 3 is 1.97 bits per heavy atom. The Morgan fingerprint density at radius 2 is 1.41 bits per heavy atom. The molecule has 0 radical (unpaired) electrons. The van der Waals surface area contributed by atoms with Crippen LogP contribution in [0.2, 0.25) is 15.2 Å². The number of anilines is 4. The summed E-state index contributed by atoms with van der Waals surface area (Å²) in [6.45, 7) is 0. The second-order valence-corrected chi connectivity index (χ2v) is 8.95. The predicted octanol–water partition coefficient (Wildman–Crippen LogP) is 7.22. The van der Waals surface area contributed by atoms with Crippen molar-refractivity contribution < 1.29 is 0 Å². The highest BCUT2D eigenvalue weighted by atomic mass is 79.9. The normalized spacial score (nSPS) is 10.2. The number of aromatic nitrogens is 4. The van der Waals surface area contributed by atoms with Crippen LogP contribution in [0.4, 0.5) is 23.3 Å². The minimum atomic E-state index is -0.237. The maximum Gasteiger partial charge on any atom is 0.266 e. The average Bonchev–Trinajstić information content (AvgIpc) is 2.74. The van der Waals surface area contributed by atoms with Crippen LogP contribution in [0, 0.1) is 0 Å². The summed E-state index contributed by atoms with van der Waals surface area (Å²) >= 11 is 23.8. The summed E-state index contributed by atoms with van der Waals surface area (Å²) in [5.41, 5.74) is 1.34. The number of halogens is 5. The molecule has 0 aliphatic heterocycles. The van der Waals surface area contributed by atoms with Gasteiger partial charge in [-0.3, -0.25) is 9.78 Å². The van der Waals surface area contributed by atoms with Crippen molar-refractivity contribution in [2.45, 2.75) is 0 Å². The van der Waals surface area contributed by atoms with Crippen LogP contribution in [0.25, 0.3) is 0 Å². The van der Waals surface area contributed by atoms with Gasteiger partial charge in [-0.05, 0) is 68.3 Å². The Kier molecular flexibility index (Phi) is 8.89. The lowest BCUT2D eigenvalue weighted by Crippen LogP contribution is -2.10. The van der Waals surface area contributed by atoms with Crippen LogP contribution in [0.5, 0.6) is 0 Å². The zero-order valence-electron chi connectivity index (χ0n) is 15.9. The molecule has 0 unspecified atom stereocenters. The first kappa shape index (κ1) is 24.5. The van der Waals surface area contributed by atoms with Crippen LogP contribution >= 0.6 is 66.7 Å². The molecule has 0 atom stereocenters. The molecule has 0 spiro atoms. The lowest BCUT2D eigenvalue weighted by atomic mass is 10.3.